The molecule has 0 spiro atoms. The van der Waals surface area contributed by atoms with E-state index in [-0.39, 0.29) is 6.09 Å². The van der Waals surface area contributed by atoms with Crippen LogP contribution in [0.1, 0.15) is 20.8 Å². The van der Waals surface area contributed by atoms with Gasteiger partial charge >= 0.3 is 6.09 Å². The third-order valence-electron chi connectivity index (χ3n) is 2.05. The van der Waals surface area contributed by atoms with Crippen molar-refractivity contribution in [2.45, 2.75) is 31.6 Å². The topological polar surface area (TPSA) is 55.6 Å². The highest BCUT2D eigenvalue weighted by molar-refractivity contribution is 8.00. The van der Waals surface area contributed by atoms with Crippen LogP contribution in [0.5, 0.6) is 0 Å². The molecule has 1 aliphatic rings. The van der Waals surface area contributed by atoms with Crippen LogP contribution >= 0.6 is 11.8 Å². The van der Waals surface area contributed by atoms with Gasteiger partial charge in [0.05, 0.1) is 0 Å². The van der Waals surface area contributed by atoms with Gasteiger partial charge in [0.1, 0.15) is 5.60 Å². The number of carbonyl (C=O) groups excluding carboxylic acids is 1. The Morgan fingerprint density at radius 3 is 2.80 bits per heavy atom. The monoisotopic (exact) mass is 232 g/mol. The number of hydrogen-bond donors (Lipinski definition) is 1. The van der Waals surface area contributed by atoms with Crippen molar-refractivity contribution < 1.29 is 9.53 Å². The molecule has 15 heavy (non-hydrogen) atoms. The minimum Gasteiger partial charge on any atom is -0.444 e. The van der Waals surface area contributed by atoms with Gasteiger partial charge in [0.15, 0.2) is 0 Å². The summed E-state index contributed by atoms with van der Waals surface area (Å²) in [6.07, 6.45) is -0.221. The van der Waals surface area contributed by atoms with Crippen molar-refractivity contribution in [1.29, 1.82) is 0 Å². The predicted octanol–water partition coefficient (Wildman–Crippen LogP) is 1.30. The Kier molecular flexibility index (Phi) is 4.28. The Bertz CT molecular complexity index is 228. The maximum atomic E-state index is 11.7. The van der Waals surface area contributed by atoms with Crippen molar-refractivity contribution in [3.8, 4) is 0 Å². The van der Waals surface area contributed by atoms with E-state index >= 15 is 0 Å². The van der Waals surface area contributed by atoms with Crippen molar-refractivity contribution in [3.63, 3.8) is 0 Å². The van der Waals surface area contributed by atoms with Gasteiger partial charge < -0.3 is 15.4 Å². The fourth-order valence-corrected chi connectivity index (χ4v) is 2.43. The summed E-state index contributed by atoms with van der Waals surface area (Å²) < 4.78 is 5.31. The molecule has 1 aliphatic heterocycles. The van der Waals surface area contributed by atoms with Gasteiger partial charge in [-0.2, -0.15) is 11.8 Å². The highest BCUT2D eigenvalue weighted by atomic mass is 32.2. The van der Waals surface area contributed by atoms with Crippen LogP contribution in [-0.2, 0) is 4.74 Å². The molecule has 1 heterocycles. The summed E-state index contributed by atoms with van der Waals surface area (Å²) in [7, 11) is 0. The number of thioether (sulfide) groups is 1. The zero-order valence-corrected chi connectivity index (χ0v) is 10.5. The molecule has 0 bridgehead atoms. The maximum Gasteiger partial charge on any atom is 0.410 e. The van der Waals surface area contributed by atoms with Crippen LogP contribution in [0.2, 0.25) is 0 Å². The smallest absolute Gasteiger partial charge is 0.410 e. The lowest BCUT2D eigenvalue weighted by atomic mass is 10.2. The number of amides is 1. The molecule has 0 aromatic carbocycles. The van der Waals surface area contributed by atoms with Crippen molar-refractivity contribution in [3.05, 3.63) is 0 Å². The summed E-state index contributed by atoms with van der Waals surface area (Å²) in [4.78, 5) is 13.5. The number of nitrogens with two attached hydrogens (primary N) is 1. The van der Waals surface area contributed by atoms with Gasteiger partial charge in [-0.3, -0.25) is 0 Å². The summed E-state index contributed by atoms with van der Waals surface area (Å²) in [5.74, 6) is 0.946. The van der Waals surface area contributed by atoms with E-state index in [9.17, 15) is 4.79 Å². The average molecular weight is 232 g/mol. The van der Waals surface area contributed by atoms with Gasteiger partial charge in [-0.15, -0.1) is 0 Å². The highest BCUT2D eigenvalue weighted by Gasteiger charge is 2.27. The number of rotatable bonds is 1. The molecule has 0 unspecified atom stereocenters. The Hall–Kier alpha value is -0.420. The van der Waals surface area contributed by atoms with Gasteiger partial charge in [0.2, 0.25) is 0 Å². The lowest BCUT2D eigenvalue weighted by molar-refractivity contribution is 0.0258. The first-order chi connectivity index (χ1) is 6.92. The molecule has 1 amide bonds. The second kappa shape index (κ2) is 5.07. The summed E-state index contributed by atoms with van der Waals surface area (Å²) in [6.45, 7) is 7.72. The third-order valence-corrected chi connectivity index (χ3v) is 3.28. The van der Waals surface area contributed by atoms with Crippen molar-refractivity contribution in [2.75, 3.05) is 25.4 Å². The molecule has 2 N–H and O–H groups in total. The van der Waals surface area contributed by atoms with E-state index in [1.54, 1.807) is 4.90 Å². The molecule has 4 nitrogen and oxygen atoms in total. The van der Waals surface area contributed by atoms with Crippen molar-refractivity contribution in [1.82, 2.24) is 4.90 Å². The summed E-state index contributed by atoms with van der Waals surface area (Å²) in [5.41, 5.74) is 5.18. The second-order valence-corrected chi connectivity index (χ2v) is 6.06. The van der Waals surface area contributed by atoms with E-state index in [1.807, 2.05) is 32.5 Å². The molecule has 0 saturated carbocycles. The van der Waals surface area contributed by atoms with Crippen LogP contribution in [0.4, 0.5) is 4.79 Å². The van der Waals surface area contributed by atoms with Crippen LogP contribution in [0.15, 0.2) is 0 Å². The van der Waals surface area contributed by atoms with Gasteiger partial charge in [0, 0.05) is 30.6 Å². The van der Waals surface area contributed by atoms with Crippen LogP contribution in [-0.4, -0.2) is 47.2 Å². The van der Waals surface area contributed by atoms with E-state index in [0.717, 1.165) is 12.3 Å². The summed E-state index contributed by atoms with van der Waals surface area (Å²) in [6, 6.07) is 0. The summed E-state index contributed by atoms with van der Waals surface area (Å²) in [5, 5.41) is 0.353. The first kappa shape index (κ1) is 12.6. The van der Waals surface area contributed by atoms with E-state index in [2.05, 4.69) is 0 Å². The number of ether oxygens (including phenoxy) is 1. The standard InChI is InChI=1S/C10H20N2O2S/c1-10(2,3)14-9(13)12-4-5-15-8(6-11)7-12/h8H,4-7,11H2,1-3H3/t8-/m0/s1. The molecule has 1 rings (SSSR count). The largest absolute Gasteiger partial charge is 0.444 e. The average Bonchev–Trinajstić information content (AvgIpc) is 2.15. The van der Waals surface area contributed by atoms with Crippen molar-refractivity contribution >= 4 is 17.9 Å². The molecule has 5 heteroatoms. The molecule has 0 aromatic heterocycles. The minimum absolute atomic E-state index is 0.221. The molecular weight excluding hydrogens is 212 g/mol. The number of hydrogen-bond acceptors (Lipinski definition) is 4. The normalized spacial score (nSPS) is 22.7. The van der Waals surface area contributed by atoms with Gasteiger partial charge in [0.25, 0.3) is 0 Å². The Morgan fingerprint density at radius 1 is 1.60 bits per heavy atom. The lowest BCUT2D eigenvalue weighted by Gasteiger charge is -2.33. The fourth-order valence-electron chi connectivity index (χ4n) is 1.35. The molecule has 0 radical (unpaired) electrons. The van der Waals surface area contributed by atoms with Gasteiger partial charge in [-0.1, -0.05) is 0 Å². The molecule has 0 aliphatic carbocycles. The van der Waals surface area contributed by atoms with Crippen LogP contribution in [0.25, 0.3) is 0 Å². The number of nitrogens with zero attached hydrogens (tertiary/aromatic N) is 1. The van der Waals surface area contributed by atoms with E-state index in [0.29, 0.717) is 18.3 Å². The second-order valence-electron chi connectivity index (χ2n) is 4.65. The van der Waals surface area contributed by atoms with E-state index in [1.165, 1.54) is 0 Å². The minimum atomic E-state index is -0.417. The van der Waals surface area contributed by atoms with Gasteiger partial charge in [-0.25, -0.2) is 4.79 Å². The Morgan fingerprint density at radius 2 is 2.27 bits per heavy atom. The third kappa shape index (κ3) is 4.30. The lowest BCUT2D eigenvalue weighted by Crippen LogP contribution is -2.46. The Balaban J connectivity index is 2.45. The van der Waals surface area contributed by atoms with E-state index in [4.69, 9.17) is 10.5 Å². The van der Waals surface area contributed by atoms with Crippen molar-refractivity contribution in [2.24, 2.45) is 5.73 Å². The van der Waals surface area contributed by atoms with Crippen LogP contribution in [0.3, 0.4) is 0 Å². The van der Waals surface area contributed by atoms with E-state index < -0.39 is 5.60 Å². The molecule has 1 saturated heterocycles. The quantitative estimate of drug-likeness (QED) is 0.740. The zero-order valence-electron chi connectivity index (χ0n) is 9.66. The first-order valence-corrected chi connectivity index (χ1v) is 6.27. The van der Waals surface area contributed by atoms with Gasteiger partial charge in [-0.05, 0) is 20.8 Å². The van der Waals surface area contributed by atoms with Crippen LogP contribution < -0.4 is 5.73 Å². The molecule has 1 fully saturated rings. The first-order valence-electron chi connectivity index (χ1n) is 5.22. The maximum absolute atomic E-state index is 11.7. The molecular formula is C10H20N2O2S. The SMILES string of the molecule is CC(C)(C)OC(=O)N1CCS[C@@H](CN)C1. The predicted molar refractivity (Wildman–Crippen MR) is 63.1 cm³/mol. The Labute approximate surface area is 95.5 Å². The number of carbonyl (C=O) groups is 1. The highest BCUT2D eigenvalue weighted by Crippen LogP contribution is 2.19. The van der Waals surface area contributed by atoms with Crippen LogP contribution in [0, 0.1) is 0 Å². The molecule has 0 aromatic rings. The zero-order chi connectivity index (χ0) is 11.5. The fraction of sp³-hybridized carbons (Fsp3) is 0.900. The molecule has 1 atom stereocenters. The molecule has 88 valence electrons. The summed E-state index contributed by atoms with van der Waals surface area (Å²) >= 11 is 1.83.